The molecule has 0 bridgehead atoms. The van der Waals surface area contributed by atoms with Crippen LogP contribution in [0.4, 0.5) is 4.39 Å². The first kappa shape index (κ1) is 10.4. The normalized spacial score (nSPS) is 12.6. The third-order valence-corrected chi connectivity index (χ3v) is 1.00. The molecule has 3 nitrogen and oxygen atoms in total. The zero-order valence-corrected chi connectivity index (χ0v) is 6.80. The minimum absolute atomic E-state index is 0.126. The molecular weight excluding hydrogens is 151 g/mol. The van der Waals surface area contributed by atoms with Gasteiger partial charge in [-0.3, -0.25) is 0 Å². The van der Waals surface area contributed by atoms with Crippen molar-refractivity contribution in [2.45, 2.75) is 20.0 Å². The molecule has 0 amide bonds. The molecule has 1 atom stereocenters. The SMILES string of the molecule is CCOCCOC(=O)C(C)F. The van der Waals surface area contributed by atoms with Crippen LogP contribution in [0.25, 0.3) is 0 Å². The van der Waals surface area contributed by atoms with E-state index in [9.17, 15) is 9.18 Å². The van der Waals surface area contributed by atoms with Crippen LogP contribution in [-0.4, -0.2) is 32.0 Å². The van der Waals surface area contributed by atoms with E-state index >= 15 is 0 Å². The summed E-state index contributed by atoms with van der Waals surface area (Å²) >= 11 is 0. The van der Waals surface area contributed by atoms with Crippen LogP contribution < -0.4 is 0 Å². The van der Waals surface area contributed by atoms with Gasteiger partial charge >= 0.3 is 5.97 Å². The zero-order chi connectivity index (χ0) is 8.69. The van der Waals surface area contributed by atoms with Crippen molar-refractivity contribution < 1.29 is 18.7 Å². The van der Waals surface area contributed by atoms with Gasteiger partial charge in [0.25, 0.3) is 0 Å². The molecule has 0 spiro atoms. The van der Waals surface area contributed by atoms with Gasteiger partial charge in [0.15, 0.2) is 6.17 Å². The number of hydrogen-bond acceptors (Lipinski definition) is 3. The number of hydrogen-bond donors (Lipinski definition) is 0. The lowest BCUT2D eigenvalue weighted by atomic mass is 10.4. The van der Waals surface area contributed by atoms with Gasteiger partial charge in [-0.15, -0.1) is 0 Å². The molecule has 0 rings (SSSR count). The summed E-state index contributed by atoms with van der Waals surface area (Å²) < 4.78 is 21.4. The van der Waals surface area contributed by atoms with Crippen LogP contribution in [-0.2, 0) is 14.3 Å². The molecule has 0 saturated heterocycles. The smallest absolute Gasteiger partial charge is 0.340 e. The summed E-state index contributed by atoms with van der Waals surface area (Å²) in [5, 5.41) is 0. The maximum absolute atomic E-state index is 12.1. The molecule has 4 heteroatoms. The van der Waals surface area contributed by atoms with Gasteiger partial charge in [-0.1, -0.05) is 0 Å². The molecule has 0 N–H and O–H groups in total. The Morgan fingerprint density at radius 1 is 1.55 bits per heavy atom. The summed E-state index contributed by atoms with van der Waals surface area (Å²) in [6.07, 6.45) is -1.54. The van der Waals surface area contributed by atoms with Gasteiger partial charge in [0.2, 0.25) is 0 Å². The third-order valence-electron chi connectivity index (χ3n) is 1.00. The van der Waals surface area contributed by atoms with Crippen molar-refractivity contribution in [3.63, 3.8) is 0 Å². The van der Waals surface area contributed by atoms with Gasteiger partial charge in [-0.05, 0) is 13.8 Å². The van der Waals surface area contributed by atoms with Crippen molar-refractivity contribution in [1.82, 2.24) is 0 Å². The van der Waals surface area contributed by atoms with E-state index in [0.29, 0.717) is 13.2 Å². The lowest BCUT2D eigenvalue weighted by molar-refractivity contribution is -0.150. The predicted molar refractivity (Wildman–Crippen MR) is 38.0 cm³/mol. The zero-order valence-electron chi connectivity index (χ0n) is 6.80. The molecule has 0 saturated carbocycles. The van der Waals surface area contributed by atoms with Gasteiger partial charge < -0.3 is 9.47 Å². The molecule has 0 aromatic heterocycles. The number of alkyl halides is 1. The van der Waals surface area contributed by atoms with E-state index in [0.717, 1.165) is 6.92 Å². The number of carbonyl (C=O) groups is 1. The van der Waals surface area contributed by atoms with E-state index in [-0.39, 0.29) is 6.61 Å². The van der Waals surface area contributed by atoms with Crippen molar-refractivity contribution >= 4 is 5.97 Å². The Balaban J connectivity index is 3.18. The molecule has 0 fully saturated rings. The highest BCUT2D eigenvalue weighted by Crippen LogP contribution is 1.91. The molecule has 66 valence electrons. The van der Waals surface area contributed by atoms with E-state index in [1.165, 1.54) is 0 Å². The first-order valence-corrected chi connectivity index (χ1v) is 3.57. The van der Waals surface area contributed by atoms with Gasteiger partial charge in [0.05, 0.1) is 6.61 Å². The van der Waals surface area contributed by atoms with Crippen LogP contribution in [0.3, 0.4) is 0 Å². The Kier molecular flexibility index (Phi) is 5.74. The van der Waals surface area contributed by atoms with Crippen molar-refractivity contribution in [3.05, 3.63) is 0 Å². The van der Waals surface area contributed by atoms with Crippen LogP contribution in [0.5, 0.6) is 0 Å². The van der Waals surface area contributed by atoms with E-state index in [4.69, 9.17) is 4.74 Å². The molecule has 0 aromatic carbocycles. The van der Waals surface area contributed by atoms with Crippen molar-refractivity contribution in [3.8, 4) is 0 Å². The second-order valence-corrected chi connectivity index (χ2v) is 1.98. The van der Waals surface area contributed by atoms with Crippen LogP contribution in [0.1, 0.15) is 13.8 Å². The number of rotatable bonds is 5. The second kappa shape index (κ2) is 6.09. The largest absolute Gasteiger partial charge is 0.461 e. The Morgan fingerprint density at radius 3 is 2.64 bits per heavy atom. The quantitative estimate of drug-likeness (QED) is 0.448. The lowest BCUT2D eigenvalue weighted by Crippen LogP contribution is -2.18. The summed E-state index contributed by atoms with van der Waals surface area (Å²) in [5.41, 5.74) is 0. The van der Waals surface area contributed by atoms with Crippen molar-refractivity contribution in [1.29, 1.82) is 0 Å². The minimum Gasteiger partial charge on any atom is -0.461 e. The van der Waals surface area contributed by atoms with Gasteiger partial charge in [0.1, 0.15) is 6.61 Å². The lowest BCUT2D eigenvalue weighted by Gasteiger charge is -2.04. The maximum Gasteiger partial charge on any atom is 0.340 e. The molecule has 0 heterocycles. The van der Waals surface area contributed by atoms with Crippen molar-refractivity contribution in [2.75, 3.05) is 19.8 Å². The fraction of sp³-hybridized carbons (Fsp3) is 0.857. The van der Waals surface area contributed by atoms with Gasteiger partial charge in [0, 0.05) is 6.61 Å². The van der Waals surface area contributed by atoms with Crippen LogP contribution >= 0.6 is 0 Å². The maximum atomic E-state index is 12.1. The average molecular weight is 164 g/mol. The Hall–Kier alpha value is -0.640. The number of ether oxygens (including phenoxy) is 2. The molecule has 0 aliphatic rings. The van der Waals surface area contributed by atoms with Crippen molar-refractivity contribution in [2.24, 2.45) is 0 Å². The van der Waals surface area contributed by atoms with Crippen LogP contribution in [0.2, 0.25) is 0 Å². The third kappa shape index (κ3) is 5.79. The van der Waals surface area contributed by atoms with Gasteiger partial charge in [-0.25, -0.2) is 9.18 Å². The average Bonchev–Trinajstić information content (AvgIpc) is 1.97. The molecular formula is C7H13FO3. The first-order valence-electron chi connectivity index (χ1n) is 3.57. The summed E-state index contributed by atoms with van der Waals surface area (Å²) in [4.78, 5) is 10.5. The standard InChI is InChI=1S/C7H13FO3/c1-3-10-4-5-11-7(9)6(2)8/h6H,3-5H2,1-2H3. The van der Waals surface area contributed by atoms with E-state index in [2.05, 4.69) is 4.74 Å². The highest BCUT2D eigenvalue weighted by atomic mass is 19.1. The molecule has 1 unspecified atom stereocenters. The van der Waals surface area contributed by atoms with E-state index in [1.54, 1.807) is 0 Å². The highest BCUT2D eigenvalue weighted by molar-refractivity contribution is 5.73. The monoisotopic (exact) mass is 164 g/mol. The Morgan fingerprint density at radius 2 is 2.18 bits per heavy atom. The van der Waals surface area contributed by atoms with E-state index < -0.39 is 12.1 Å². The highest BCUT2D eigenvalue weighted by Gasteiger charge is 2.11. The Labute approximate surface area is 65.5 Å². The van der Waals surface area contributed by atoms with Crippen LogP contribution in [0, 0.1) is 0 Å². The molecule has 0 aliphatic carbocycles. The molecule has 0 aliphatic heterocycles. The fourth-order valence-corrected chi connectivity index (χ4v) is 0.460. The fourth-order valence-electron chi connectivity index (χ4n) is 0.460. The number of halogens is 1. The number of esters is 1. The summed E-state index contributed by atoms with van der Waals surface area (Å²) in [6, 6.07) is 0. The molecule has 0 aromatic rings. The predicted octanol–water partition coefficient (Wildman–Crippen LogP) is 0.924. The minimum atomic E-state index is -1.54. The summed E-state index contributed by atoms with van der Waals surface area (Å²) in [5.74, 6) is -0.829. The molecule has 0 radical (unpaired) electrons. The summed E-state index contributed by atoms with van der Waals surface area (Å²) in [7, 11) is 0. The molecule has 11 heavy (non-hydrogen) atoms. The topological polar surface area (TPSA) is 35.5 Å². The van der Waals surface area contributed by atoms with E-state index in [1.807, 2.05) is 6.92 Å². The number of carbonyl (C=O) groups excluding carboxylic acids is 1. The van der Waals surface area contributed by atoms with Crippen LogP contribution in [0.15, 0.2) is 0 Å². The Bertz CT molecular complexity index is 114. The van der Waals surface area contributed by atoms with Gasteiger partial charge in [-0.2, -0.15) is 0 Å². The second-order valence-electron chi connectivity index (χ2n) is 1.98. The first-order chi connectivity index (χ1) is 5.18. The summed E-state index contributed by atoms with van der Waals surface area (Å²) in [6.45, 7) is 4.00.